The first-order valence-corrected chi connectivity index (χ1v) is 5.25. The average Bonchev–Trinajstić information content (AvgIpc) is 2.64. The predicted octanol–water partition coefficient (Wildman–Crippen LogP) is 0.645. The van der Waals surface area contributed by atoms with Gasteiger partial charge in [-0.1, -0.05) is 11.6 Å². The molecular weight excluding hydrogens is 244 g/mol. The van der Waals surface area contributed by atoms with Crippen LogP contribution in [0.3, 0.4) is 0 Å². The monoisotopic (exact) mass is 254 g/mol. The fraction of sp³-hybridized carbons (Fsp3) is 0.222. The number of hydrogen-bond donors (Lipinski definition) is 3. The van der Waals surface area contributed by atoms with E-state index in [0.29, 0.717) is 12.4 Å². The molecule has 0 aliphatic rings. The van der Waals surface area contributed by atoms with Crippen molar-refractivity contribution in [3.05, 3.63) is 23.6 Å². The molecule has 2 aromatic heterocycles. The van der Waals surface area contributed by atoms with E-state index in [-0.39, 0.29) is 17.7 Å². The van der Waals surface area contributed by atoms with Crippen LogP contribution >= 0.6 is 11.6 Å². The Morgan fingerprint density at radius 3 is 3.00 bits per heavy atom. The molecule has 2 aromatic rings. The smallest absolute Gasteiger partial charge is 0.223 e. The lowest BCUT2D eigenvalue weighted by Gasteiger charge is -2.03. The van der Waals surface area contributed by atoms with Gasteiger partial charge in [-0.3, -0.25) is 4.68 Å². The van der Waals surface area contributed by atoms with Crippen LogP contribution in [-0.4, -0.2) is 31.5 Å². The number of aliphatic hydroxyl groups excluding tert-OH is 1. The summed E-state index contributed by atoms with van der Waals surface area (Å²) in [7, 11) is 0. The molecule has 0 aliphatic heterocycles. The van der Waals surface area contributed by atoms with Gasteiger partial charge in [-0.25, -0.2) is 4.98 Å². The van der Waals surface area contributed by atoms with Gasteiger partial charge in [0.25, 0.3) is 0 Å². The van der Waals surface area contributed by atoms with E-state index < -0.39 is 0 Å². The van der Waals surface area contributed by atoms with Gasteiger partial charge >= 0.3 is 0 Å². The Morgan fingerprint density at radius 2 is 2.29 bits per heavy atom. The van der Waals surface area contributed by atoms with E-state index in [2.05, 4.69) is 20.4 Å². The summed E-state index contributed by atoms with van der Waals surface area (Å²) in [6.07, 6.45) is 3.35. The molecule has 7 nitrogen and oxygen atoms in total. The molecule has 8 heteroatoms. The van der Waals surface area contributed by atoms with Gasteiger partial charge in [0.15, 0.2) is 0 Å². The first-order valence-electron chi connectivity index (χ1n) is 4.88. The number of anilines is 3. The summed E-state index contributed by atoms with van der Waals surface area (Å²) >= 11 is 5.75. The van der Waals surface area contributed by atoms with Crippen LogP contribution in [0.1, 0.15) is 0 Å². The van der Waals surface area contributed by atoms with Crippen LogP contribution < -0.4 is 11.1 Å². The molecule has 0 unspecified atom stereocenters. The summed E-state index contributed by atoms with van der Waals surface area (Å²) in [5.41, 5.74) is 6.19. The first kappa shape index (κ1) is 11.6. The lowest BCUT2D eigenvalue weighted by atomic mass is 10.5. The van der Waals surface area contributed by atoms with Crippen LogP contribution in [-0.2, 0) is 6.54 Å². The number of nitrogen functional groups attached to an aromatic ring is 1. The third kappa shape index (κ3) is 3.05. The standard InChI is InChI=1S/C9H11ClN6O/c10-7-3-8(15-9(11)14-7)13-6-4-12-16(5-6)1-2-17/h3-5,17H,1-2H2,(H3,11,13,14,15). The van der Waals surface area contributed by atoms with E-state index in [9.17, 15) is 0 Å². The second-order valence-corrected chi connectivity index (χ2v) is 3.66. The quantitative estimate of drug-likeness (QED) is 0.692. The third-order valence-electron chi connectivity index (χ3n) is 1.95. The molecule has 0 fully saturated rings. The van der Waals surface area contributed by atoms with Crippen molar-refractivity contribution in [1.82, 2.24) is 19.7 Å². The maximum Gasteiger partial charge on any atom is 0.223 e. The topological polar surface area (TPSA) is 102 Å². The summed E-state index contributed by atoms with van der Waals surface area (Å²) in [4.78, 5) is 7.72. The fourth-order valence-electron chi connectivity index (χ4n) is 1.30. The number of halogens is 1. The summed E-state index contributed by atoms with van der Waals surface area (Å²) in [6, 6.07) is 1.56. The molecule has 0 spiro atoms. The number of nitrogens with zero attached hydrogens (tertiary/aromatic N) is 4. The van der Waals surface area contributed by atoms with Gasteiger partial charge in [-0.15, -0.1) is 0 Å². The maximum absolute atomic E-state index is 8.76. The molecule has 0 radical (unpaired) electrons. The van der Waals surface area contributed by atoms with Gasteiger partial charge in [0.1, 0.15) is 11.0 Å². The van der Waals surface area contributed by atoms with E-state index >= 15 is 0 Å². The molecule has 0 bridgehead atoms. The number of rotatable bonds is 4. The van der Waals surface area contributed by atoms with Crippen molar-refractivity contribution in [2.24, 2.45) is 0 Å². The van der Waals surface area contributed by atoms with E-state index in [1.807, 2.05) is 0 Å². The van der Waals surface area contributed by atoms with Crippen LogP contribution in [0.25, 0.3) is 0 Å². The Balaban J connectivity index is 2.13. The van der Waals surface area contributed by atoms with Crippen molar-refractivity contribution in [1.29, 1.82) is 0 Å². The third-order valence-corrected chi connectivity index (χ3v) is 2.14. The average molecular weight is 255 g/mol. The molecule has 2 heterocycles. The lowest BCUT2D eigenvalue weighted by molar-refractivity contribution is 0.269. The summed E-state index contributed by atoms with van der Waals surface area (Å²) in [5, 5.41) is 16.0. The Bertz CT molecular complexity index is 494. The Kier molecular flexibility index (Phi) is 3.40. The molecule has 2 rings (SSSR count). The Labute approximate surface area is 102 Å². The van der Waals surface area contributed by atoms with Gasteiger partial charge in [-0.05, 0) is 0 Å². The predicted molar refractivity (Wildman–Crippen MR) is 64.0 cm³/mol. The number of nitrogens with two attached hydrogens (primary N) is 1. The van der Waals surface area contributed by atoms with Gasteiger partial charge in [0.05, 0.1) is 25.0 Å². The zero-order valence-electron chi connectivity index (χ0n) is 8.84. The van der Waals surface area contributed by atoms with Crippen molar-refractivity contribution in [2.45, 2.75) is 6.54 Å². The first-order chi connectivity index (χ1) is 8.17. The van der Waals surface area contributed by atoms with E-state index in [1.54, 1.807) is 23.1 Å². The molecule has 0 aliphatic carbocycles. The van der Waals surface area contributed by atoms with Crippen molar-refractivity contribution in [3.8, 4) is 0 Å². The number of hydrogen-bond acceptors (Lipinski definition) is 6. The minimum Gasteiger partial charge on any atom is -0.394 e. The maximum atomic E-state index is 8.76. The highest BCUT2D eigenvalue weighted by atomic mass is 35.5. The Morgan fingerprint density at radius 1 is 1.47 bits per heavy atom. The summed E-state index contributed by atoms with van der Waals surface area (Å²) < 4.78 is 1.61. The fourth-order valence-corrected chi connectivity index (χ4v) is 1.49. The minimum absolute atomic E-state index is 0.0351. The Hall–Kier alpha value is -1.86. The van der Waals surface area contributed by atoms with Gasteiger partial charge in [0.2, 0.25) is 5.95 Å². The SMILES string of the molecule is Nc1nc(Cl)cc(Nc2cnn(CCO)c2)n1. The van der Waals surface area contributed by atoms with E-state index in [0.717, 1.165) is 5.69 Å². The second kappa shape index (κ2) is 4.98. The molecule has 0 saturated carbocycles. The van der Waals surface area contributed by atoms with Crippen molar-refractivity contribution >= 4 is 29.1 Å². The molecule has 0 saturated heterocycles. The largest absolute Gasteiger partial charge is 0.394 e. The van der Waals surface area contributed by atoms with Crippen LogP contribution in [0.2, 0.25) is 5.15 Å². The number of nitrogens with one attached hydrogen (secondary N) is 1. The highest BCUT2D eigenvalue weighted by Gasteiger charge is 2.03. The zero-order chi connectivity index (χ0) is 12.3. The molecule has 0 aromatic carbocycles. The van der Waals surface area contributed by atoms with Gasteiger partial charge < -0.3 is 16.2 Å². The van der Waals surface area contributed by atoms with Crippen molar-refractivity contribution in [3.63, 3.8) is 0 Å². The normalized spacial score (nSPS) is 10.5. The molecule has 0 atom stereocenters. The van der Waals surface area contributed by atoms with Gasteiger partial charge in [0, 0.05) is 12.3 Å². The summed E-state index contributed by atoms with van der Waals surface area (Å²) in [5.74, 6) is 0.591. The summed E-state index contributed by atoms with van der Waals surface area (Å²) in [6.45, 7) is 0.474. The molecule has 90 valence electrons. The van der Waals surface area contributed by atoms with Crippen molar-refractivity contribution < 1.29 is 5.11 Å². The van der Waals surface area contributed by atoms with Crippen LogP contribution in [0.4, 0.5) is 17.5 Å². The molecular formula is C9H11ClN6O. The van der Waals surface area contributed by atoms with Gasteiger partial charge in [-0.2, -0.15) is 10.1 Å². The second-order valence-electron chi connectivity index (χ2n) is 3.27. The van der Waals surface area contributed by atoms with E-state index in [4.69, 9.17) is 22.4 Å². The van der Waals surface area contributed by atoms with Crippen LogP contribution in [0.5, 0.6) is 0 Å². The molecule has 0 amide bonds. The molecule has 17 heavy (non-hydrogen) atoms. The number of aromatic nitrogens is 4. The minimum atomic E-state index is 0.0351. The zero-order valence-corrected chi connectivity index (χ0v) is 9.59. The highest BCUT2D eigenvalue weighted by molar-refractivity contribution is 6.29. The highest BCUT2D eigenvalue weighted by Crippen LogP contribution is 2.17. The lowest BCUT2D eigenvalue weighted by Crippen LogP contribution is -2.02. The van der Waals surface area contributed by atoms with Crippen LogP contribution in [0.15, 0.2) is 18.5 Å². The number of aliphatic hydroxyl groups is 1. The van der Waals surface area contributed by atoms with Crippen LogP contribution in [0, 0.1) is 0 Å². The van der Waals surface area contributed by atoms with Crippen molar-refractivity contribution in [2.75, 3.05) is 17.7 Å². The van der Waals surface area contributed by atoms with E-state index in [1.165, 1.54) is 0 Å². The molecule has 4 N–H and O–H groups in total.